The second kappa shape index (κ2) is 13.4. The fourth-order valence-corrected chi connectivity index (χ4v) is 8.30. The van der Waals surface area contributed by atoms with E-state index in [1.165, 1.54) is 41.0 Å². The third-order valence-corrected chi connectivity index (χ3v) is 11.2. The molecule has 3 aliphatic carbocycles. The predicted octanol–water partition coefficient (Wildman–Crippen LogP) is 8.16. The van der Waals surface area contributed by atoms with Crippen molar-refractivity contribution in [2.45, 2.75) is 76.2 Å². The molecule has 4 aliphatic rings. The molecule has 3 unspecified atom stereocenters. The molecule has 1 aliphatic heterocycles. The van der Waals surface area contributed by atoms with Crippen molar-refractivity contribution in [2.24, 2.45) is 11.3 Å². The molecule has 46 heavy (non-hydrogen) atoms. The zero-order valence-electron chi connectivity index (χ0n) is 26.5. The number of hydrogen-bond acceptors (Lipinski definition) is 5. The van der Waals surface area contributed by atoms with Gasteiger partial charge in [0.15, 0.2) is 5.78 Å². The van der Waals surface area contributed by atoms with Gasteiger partial charge < -0.3 is 15.1 Å². The number of aliphatic hydroxyl groups is 1. The first-order valence-corrected chi connectivity index (χ1v) is 17.0. The average molecular weight is 644 g/mol. The Morgan fingerprint density at radius 1 is 1.00 bits per heavy atom. The van der Waals surface area contributed by atoms with Crippen LogP contribution in [0.25, 0.3) is 0 Å². The number of aromatic hydroxyl groups is 1. The van der Waals surface area contributed by atoms with E-state index < -0.39 is 5.60 Å². The van der Waals surface area contributed by atoms with Crippen molar-refractivity contribution >= 4 is 23.2 Å². The minimum atomic E-state index is -0.801. The highest BCUT2D eigenvalue weighted by atomic mass is 35.5. The number of Topliss-reactive ketones (excluding diaryl/α,β-unsaturated/α-hetero) is 2. The highest BCUT2D eigenvalue weighted by Crippen LogP contribution is 2.58. The molecule has 3 aromatic carbocycles. The smallest absolute Gasteiger partial charge is 0.162 e. The normalized spacial score (nSPS) is 25.0. The summed E-state index contributed by atoms with van der Waals surface area (Å²) in [5, 5.41) is 21.2. The van der Waals surface area contributed by atoms with Crippen LogP contribution in [0.2, 0.25) is 5.02 Å². The van der Waals surface area contributed by atoms with Crippen molar-refractivity contribution in [3.05, 3.63) is 111 Å². The minimum Gasteiger partial charge on any atom is -0.508 e. The number of rotatable bonds is 6. The molecule has 0 aromatic heterocycles. The van der Waals surface area contributed by atoms with Crippen LogP contribution in [0, 0.1) is 17.2 Å². The predicted molar refractivity (Wildman–Crippen MR) is 179 cm³/mol. The van der Waals surface area contributed by atoms with Crippen molar-refractivity contribution < 1.29 is 24.2 Å². The summed E-state index contributed by atoms with van der Waals surface area (Å²) in [6, 6.07) is 18.9. The van der Waals surface area contributed by atoms with E-state index >= 15 is 0 Å². The number of likely N-dealkylation sites (tertiary alicyclic amines) is 1. The second-order valence-corrected chi connectivity index (χ2v) is 14.2. The standard InChI is InChI=1S/C21H23ClFNO2.C18H20O2/c22-18-7-5-17(6-8-18)21(26)11-14-24(15-12-21)13-1-2-20(25)16-3-9-19(23)10-4-16;1-18-9-8-14-13-5-3-12(19)10-11(13)2-4-15(14)16(18)6-7-17(18)20/h3-10,26H,1-2,11-15H2;3-5,10,14,16,19H,2,6-9H2,1H3. The van der Waals surface area contributed by atoms with Crippen LogP contribution in [0.1, 0.15) is 91.3 Å². The van der Waals surface area contributed by atoms with E-state index in [2.05, 4.69) is 24.0 Å². The molecule has 3 fully saturated rings. The average Bonchev–Trinajstić information content (AvgIpc) is 3.36. The Morgan fingerprint density at radius 2 is 1.72 bits per heavy atom. The Balaban J connectivity index is 0.000000166. The summed E-state index contributed by atoms with van der Waals surface area (Å²) in [7, 11) is 0. The van der Waals surface area contributed by atoms with E-state index in [0.717, 1.165) is 63.7 Å². The molecule has 7 heteroatoms. The van der Waals surface area contributed by atoms with Crippen molar-refractivity contribution in [1.29, 1.82) is 0 Å². The van der Waals surface area contributed by atoms with Crippen molar-refractivity contribution in [3.63, 3.8) is 0 Å². The van der Waals surface area contributed by atoms with Gasteiger partial charge in [-0.15, -0.1) is 0 Å². The molecule has 3 atom stereocenters. The van der Waals surface area contributed by atoms with Crippen LogP contribution in [0.3, 0.4) is 0 Å². The van der Waals surface area contributed by atoms with Crippen molar-refractivity contribution in [3.8, 4) is 5.75 Å². The van der Waals surface area contributed by atoms with Gasteiger partial charge in [0.2, 0.25) is 0 Å². The summed E-state index contributed by atoms with van der Waals surface area (Å²) in [5.74, 6) is 1.47. The molecule has 0 bridgehead atoms. The summed E-state index contributed by atoms with van der Waals surface area (Å²) in [6.45, 7) is 4.59. The first-order valence-electron chi connectivity index (χ1n) is 16.6. The molecule has 1 heterocycles. The third kappa shape index (κ3) is 6.71. The van der Waals surface area contributed by atoms with Crippen LogP contribution >= 0.6 is 11.6 Å². The van der Waals surface area contributed by atoms with Crippen LogP contribution < -0.4 is 0 Å². The van der Waals surface area contributed by atoms with Gasteiger partial charge in [-0.1, -0.05) is 48.4 Å². The number of benzene rings is 3. The van der Waals surface area contributed by atoms with Gasteiger partial charge >= 0.3 is 0 Å². The highest BCUT2D eigenvalue weighted by molar-refractivity contribution is 6.30. The van der Waals surface area contributed by atoms with E-state index in [-0.39, 0.29) is 17.0 Å². The number of hydrogen-bond donors (Lipinski definition) is 2. The molecule has 2 N–H and O–H groups in total. The molecule has 7 rings (SSSR count). The molecule has 0 amide bonds. The monoisotopic (exact) mass is 643 g/mol. The van der Waals surface area contributed by atoms with E-state index in [1.807, 2.05) is 30.3 Å². The van der Waals surface area contributed by atoms with E-state index in [0.29, 0.717) is 53.2 Å². The number of allylic oxidation sites excluding steroid dienone is 2. The second-order valence-electron chi connectivity index (χ2n) is 13.7. The summed E-state index contributed by atoms with van der Waals surface area (Å²) in [6.07, 6.45) is 9.66. The lowest BCUT2D eigenvalue weighted by atomic mass is 9.60. The molecule has 0 radical (unpaired) electrons. The summed E-state index contributed by atoms with van der Waals surface area (Å²) < 4.78 is 12.9. The number of fused-ring (bicyclic) bond motifs is 5. The van der Waals surface area contributed by atoms with E-state index in [9.17, 15) is 24.2 Å². The Bertz CT molecular complexity index is 1610. The van der Waals surface area contributed by atoms with Gasteiger partial charge in [-0.05, 0) is 123 Å². The van der Waals surface area contributed by atoms with Crippen LogP contribution in [0.5, 0.6) is 5.75 Å². The Hall–Kier alpha value is -3.32. The molecular weight excluding hydrogens is 601 g/mol. The van der Waals surface area contributed by atoms with Crippen LogP contribution in [0.4, 0.5) is 4.39 Å². The maximum absolute atomic E-state index is 12.9. The van der Waals surface area contributed by atoms with Crippen molar-refractivity contribution in [1.82, 2.24) is 4.90 Å². The van der Waals surface area contributed by atoms with Gasteiger partial charge in [-0.25, -0.2) is 4.39 Å². The van der Waals surface area contributed by atoms with Gasteiger partial charge in [0.05, 0.1) is 5.60 Å². The molecule has 1 saturated heterocycles. The SMILES string of the molecule is CC12CCC3C(=CCc4cc(O)ccc43)C1CCC2=O.O=C(CCCN1CCC(O)(c2ccc(Cl)cc2)CC1)c1ccc(F)cc1. The maximum atomic E-state index is 12.9. The molecule has 242 valence electrons. The Kier molecular flexibility index (Phi) is 9.52. The Labute approximate surface area is 276 Å². The number of phenolic OH excluding ortho intramolecular Hbond substituents is 1. The zero-order chi connectivity index (χ0) is 32.5. The number of carbonyl (C=O) groups is 2. The molecule has 2 saturated carbocycles. The summed E-state index contributed by atoms with van der Waals surface area (Å²) in [5.41, 5.74) is 4.70. The third-order valence-electron chi connectivity index (χ3n) is 11.0. The number of ketones is 2. The molecule has 3 aromatic rings. The molecule has 0 spiro atoms. The minimum absolute atomic E-state index is 0.0414. The number of phenols is 1. The Morgan fingerprint density at radius 3 is 2.43 bits per heavy atom. The van der Waals surface area contributed by atoms with Gasteiger partial charge in [0, 0.05) is 47.9 Å². The number of carbonyl (C=O) groups excluding carboxylic acids is 2. The van der Waals surface area contributed by atoms with Gasteiger partial charge in [0.25, 0.3) is 0 Å². The lowest BCUT2D eigenvalue weighted by Gasteiger charge is -2.43. The lowest BCUT2D eigenvalue weighted by Crippen LogP contribution is -2.42. The molecular formula is C39H43ClFNO4. The number of piperidine rings is 1. The quantitative estimate of drug-likeness (QED) is 0.209. The first kappa shape index (κ1) is 32.6. The van der Waals surface area contributed by atoms with Crippen LogP contribution in [0.15, 0.2) is 78.4 Å². The van der Waals surface area contributed by atoms with Gasteiger partial charge in [0.1, 0.15) is 17.3 Å². The fraction of sp³-hybridized carbons (Fsp3) is 0.436. The lowest BCUT2D eigenvalue weighted by molar-refractivity contribution is -0.126. The highest BCUT2D eigenvalue weighted by Gasteiger charge is 2.52. The van der Waals surface area contributed by atoms with E-state index in [1.54, 1.807) is 6.07 Å². The fourth-order valence-electron chi connectivity index (χ4n) is 8.17. The largest absolute Gasteiger partial charge is 0.508 e. The van der Waals surface area contributed by atoms with Gasteiger partial charge in [-0.3, -0.25) is 9.59 Å². The summed E-state index contributed by atoms with van der Waals surface area (Å²) in [4.78, 5) is 26.6. The topological polar surface area (TPSA) is 77.8 Å². The summed E-state index contributed by atoms with van der Waals surface area (Å²) >= 11 is 5.92. The van der Waals surface area contributed by atoms with Crippen LogP contribution in [-0.4, -0.2) is 46.3 Å². The number of nitrogens with zero attached hydrogens (tertiary/aromatic N) is 1. The maximum Gasteiger partial charge on any atom is 0.162 e. The van der Waals surface area contributed by atoms with Crippen LogP contribution in [-0.2, 0) is 16.8 Å². The van der Waals surface area contributed by atoms with E-state index in [4.69, 9.17) is 11.6 Å². The van der Waals surface area contributed by atoms with Crippen molar-refractivity contribution in [2.75, 3.05) is 19.6 Å². The number of halogens is 2. The zero-order valence-corrected chi connectivity index (χ0v) is 27.2. The molecule has 5 nitrogen and oxygen atoms in total. The first-order chi connectivity index (χ1) is 22.1. The van der Waals surface area contributed by atoms with Gasteiger partial charge in [-0.2, -0.15) is 0 Å².